The van der Waals surface area contributed by atoms with Crippen LogP contribution in [0.4, 0.5) is 10.1 Å². The average molecular weight is 469 g/mol. The molecular weight excluding hydrogens is 447 g/mol. The van der Waals surface area contributed by atoms with Crippen molar-refractivity contribution in [1.82, 2.24) is 24.7 Å². The van der Waals surface area contributed by atoms with Gasteiger partial charge in [-0.3, -0.25) is 24.0 Å². The zero-order chi connectivity index (χ0) is 21.1. The van der Waals surface area contributed by atoms with Gasteiger partial charge in [0.2, 0.25) is 6.41 Å². The zero-order valence-corrected chi connectivity index (χ0v) is 17.9. The highest BCUT2D eigenvalue weighted by Crippen LogP contribution is 2.26. The normalized spacial score (nSPS) is 18.9. The molecule has 2 aliphatic rings. The van der Waals surface area contributed by atoms with Gasteiger partial charge in [0.15, 0.2) is 5.82 Å². The molecule has 0 radical (unpaired) electrons. The summed E-state index contributed by atoms with van der Waals surface area (Å²) in [5.41, 5.74) is 2.95. The molecule has 9 nitrogen and oxygen atoms in total. The van der Waals surface area contributed by atoms with Gasteiger partial charge >= 0.3 is 0 Å². The molecule has 11 heteroatoms. The first kappa shape index (κ1) is 21.3. The molecule has 2 amide bonds. The molecular formula is C18H22BrFN6O3. The second-order valence-electron chi connectivity index (χ2n) is 6.83. The molecule has 0 saturated heterocycles. The Morgan fingerprint density at radius 1 is 1.41 bits per heavy atom. The molecule has 29 heavy (non-hydrogen) atoms. The number of rotatable bonds is 2. The maximum absolute atomic E-state index is 12.9. The van der Waals surface area contributed by atoms with E-state index in [1.165, 1.54) is 17.3 Å². The van der Waals surface area contributed by atoms with E-state index in [0.717, 1.165) is 24.2 Å². The number of halogens is 2. The number of anilines is 1. The van der Waals surface area contributed by atoms with Crippen molar-refractivity contribution < 1.29 is 18.8 Å². The standard InChI is InChI=1S/C12H18N4O2.C6H4BrFN2O/c1-8-6-10-9(7-14(8)2)11-12(17)15(3)18-5-4-16(11)13-10;7-6-5(8)4(10-3-11)1-2-9-6/h8H,4-7H2,1-3H3;1-3H,(H,9,10,11)/t8-;/m1./s1. The number of hydrogen-bond donors (Lipinski definition) is 1. The van der Waals surface area contributed by atoms with Crippen LogP contribution in [-0.4, -0.2) is 63.8 Å². The van der Waals surface area contributed by atoms with Crippen LogP contribution >= 0.6 is 15.9 Å². The van der Waals surface area contributed by atoms with Crippen molar-refractivity contribution in [1.29, 1.82) is 0 Å². The largest absolute Gasteiger partial charge is 0.326 e. The van der Waals surface area contributed by atoms with Crippen LogP contribution in [0.2, 0.25) is 0 Å². The van der Waals surface area contributed by atoms with E-state index in [9.17, 15) is 14.0 Å². The third kappa shape index (κ3) is 4.46. The summed E-state index contributed by atoms with van der Waals surface area (Å²) in [6.45, 7) is 4.09. The second-order valence-corrected chi connectivity index (χ2v) is 7.58. The molecule has 0 unspecified atom stereocenters. The first-order valence-electron chi connectivity index (χ1n) is 9.03. The fraction of sp³-hybridized carbons (Fsp3) is 0.444. The zero-order valence-electron chi connectivity index (χ0n) is 16.4. The summed E-state index contributed by atoms with van der Waals surface area (Å²) in [5, 5.41) is 8.09. The molecule has 2 aliphatic heterocycles. The summed E-state index contributed by atoms with van der Waals surface area (Å²) in [6, 6.07) is 1.84. The number of likely N-dealkylation sites (N-methyl/N-ethyl adjacent to an activating group) is 1. The van der Waals surface area contributed by atoms with E-state index in [4.69, 9.17) is 4.84 Å². The number of pyridine rings is 1. The highest BCUT2D eigenvalue weighted by molar-refractivity contribution is 9.10. The van der Waals surface area contributed by atoms with Crippen molar-refractivity contribution in [2.45, 2.75) is 32.5 Å². The van der Waals surface area contributed by atoms with Gasteiger partial charge in [-0.15, -0.1) is 0 Å². The molecule has 2 aromatic rings. The molecule has 1 atom stereocenters. The number of carbonyl (C=O) groups excluding carboxylic acids is 2. The van der Waals surface area contributed by atoms with E-state index in [0.29, 0.717) is 31.3 Å². The fourth-order valence-corrected chi connectivity index (χ4v) is 3.52. The smallest absolute Gasteiger partial charge is 0.295 e. The third-order valence-electron chi connectivity index (χ3n) is 4.92. The van der Waals surface area contributed by atoms with Crippen molar-refractivity contribution in [3.8, 4) is 0 Å². The highest BCUT2D eigenvalue weighted by atomic mass is 79.9. The van der Waals surface area contributed by atoms with Crippen molar-refractivity contribution >= 4 is 33.9 Å². The van der Waals surface area contributed by atoms with E-state index in [1.807, 2.05) is 4.68 Å². The Morgan fingerprint density at radius 3 is 2.90 bits per heavy atom. The quantitative estimate of drug-likeness (QED) is 0.533. The lowest BCUT2D eigenvalue weighted by molar-refractivity contribution is -0.105. The minimum atomic E-state index is -0.570. The second kappa shape index (κ2) is 8.97. The summed E-state index contributed by atoms with van der Waals surface area (Å²) < 4.78 is 14.8. The molecule has 4 heterocycles. The number of carbonyl (C=O) groups is 2. The van der Waals surface area contributed by atoms with Crippen LogP contribution in [0.25, 0.3) is 0 Å². The van der Waals surface area contributed by atoms with Gasteiger partial charge < -0.3 is 5.32 Å². The predicted octanol–water partition coefficient (Wildman–Crippen LogP) is 1.83. The molecule has 0 saturated carbocycles. The van der Waals surface area contributed by atoms with Crippen LogP contribution < -0.4 is 5.32 Å². The van der Waals surface area contributed by atoms with Crippen LogP contribution in [0.3, 0.4) is 0 Å². The number of hydroxylamine groups is 2. The molecule has 1 N–H and O–H groups in total. The van der Waals surface area contributed by atoms with E-state index < -0.39 is 5.82 Å². The Kier molecular flexibility index (Phi) is 6.60. The van der Waals surface area contributed by atoms with Crippen LogP contribution in [0.15, 0.2) is 16.9 Å². The van der Waals surface area contributed by atoms with E-state index in [-0.39, 0.29) is 16.2 Å². The van der Waals surface area contributed by atoms with Gasteiger partial charge in [-0.25, -0.2) is 14.4 Å². The lowest BCUT2D eigenvalue weighted by Crippen LogP contribution is -2.36. The van der Waals surface area contributed by atoms with Gasteiger partial charge in [0.1, 0.15) is 10.3 Å². The van der Waals surface area contributed by atoms with Gasteiger partial charge in [-0.05, 0) is 36.0 Å². The minimum Gasteiger partial charge on any atom is -0.326 e. The van der Waals surface area contributed by atoms with Crippen molar-refractivity contribution in [2.75, 3.05) is 26.0 Å². The summed E-state index contributed by atoms with van der Waals surface area (Å²) in [5.74, 6) is -0.663. The predicted molar refractivity (Wildman–Crippen MR) is 106 cm³/mol. The number of fused-ring (bicyclic) bond motifs is 3. The van der Waals surface area contributed by atoms with Gasteiger partial charge in [0, 0.05) is 37.8 Å². The Morgan fingerprint density at radius 2 is 2.17 bits per heavy atom. The number of hydrogen-bond acceptors (Lipinski definition) is 6. The van der Waals surface area contributed by atoms with Crippen LogP contribution in [0, 0.1) is 5.82 Å². The highest BCUT2D eigenvalue weighted by Gasteiger charge is 2.32. The average Bonchev–Trinajstić information content (AvgIpc) is 2.95. The number of amides is 2. The molecule has 0 spiro atoms. The SMILES string of the molecule is C[C@@H]1Cc2nn3c(c2CN1C)C(=O)N(C)OCC3.O=CNc1ccnc(Br)c1F. The first-order chi connectivity index (χ1) is 13.8. The summed E-state index contributed by atoms with van der Waals surface area (Å²) in [4.78, 5) is 33.4. The number of aromatic nitrogens is 3. The summed E-state index contributed by atoms with van der Waals surface area (Å²) in [7, 11) is 3.74. The maximum Gasteiger partial charge on any atom is 0.295 e. The van der Waals surface area contributed by atoms with Crippen molar-refractivity contribution in [2.24, 2.45) is 0 Å². The van der Waals surface area contributed by atoms with Gasteiger partial charge in [-0.1, -0.05) is 0 Å². The molecule has 0 aromatic carbocycles. The van der Waals surface area contributed by atoms with E-state index in [1.54, 1.807) is 7.05 Å². The Balaban J connectivity index is 0.000000188. The molecule has 0 fully saturated rings. The van der Waals surface area contributed by atoms with Crippen LogP contribution in [0.1, 0.15) is 28.7 Å². The van der Waals surface area contributed by atoms with Crippen LogP contribution in [-0.2, 0) is 29.1 Å². The molecule has 4 rings (SSSR count). The third-order valence-corrected chi connectivity index (χ3v) is 5.47. The maximum atomic E-state index is 12.9. The lowest BCUT2D eigenvalue weighted by atomic mass is 10.00. The Hall–Kier alpha value is -2.37. The molecule has 0 bridgehead atoms. The monoisotopic (exact) mass is 468 g/mol. The summed E-state index contributed by atoms with van der Waals surface area (Å²) in [6.07, 6.45) is 2.70. The van der Waals surface area contributed by atoms with Crippen molar-refractivity contribution in [3.63, 3.8) is 0 Å². The first-order valence-corrected chi connectivity index (χ1v) is 9.82. The van der Waals surface area contributed by atoms with E-state index >= 15 is 0 Å². The fourth-order valence-electron chi connectivity index (χ4n) is 3.19. The molecule has 2 aromatic heterocycles. The Labute approximate surface area is 175 Å². The van der Waals surface area contributed by atoms with Gasteiger partial charge in [0.25, 0.3) is 5.91 Å². The minimum absolute atomic E-state index is 0.0874. The van der Waals surface area contributed by atoms with Crippen LogP contribution in [0.5, 0.6) is 0 Å². The number of nitrogens with one attached hydrogen (secondary N) is 1. The summed E-state index contributed by atoms with van der Waals surface area (Å²) >= 11 is 2.87. The van der Waals surface area contributed by atoms with Gasteiger partial charge in [0.05, 0.1) is 24.5 Å². The molecule has 156 valence electrons. The topological polar surface area (TPSA) is 92.6 Å². The lowest BCUT2D eigenvalue weighted by Gasteiger charge is -2.29. The number of nitrogens with zero attached hydrogens (tertiary/aromatic N) is 5. The van der Waals surface area contributed by atoms with Gasteiger partial charge in [-0.2, -0.15) is 5.10 Å². The van der Waals surface area contributed by atoms with Crippen molar-refractivity contribution in [3.05, 3.63) is 39.6 Å². The molecule has 0 aliphatic carbocycles. The Bertz CT molecular complexity index is 921. The van der Waals surface area contributed by atoms with E-state index in [2.05, 4.69) is 50.2 Å².